The normalized spacial score (nSPS) is 15.3. The van der Waals surface area contributed by atoms with Crippen molar-refractivity contribution < 1.29 is 14.3 Å². The SMILES string of the molecule is O=C(c1cc(-c2ccccc2)nn1-c1ccc(Cl)cc1)N1CCN(Cc2ccc3c(c2)OCO3)CC1. The highest BCUT2D eigenvalue weighted by Crippen LogP contribution is 2.33. The summed E-state index contributed by atoms with van der Waals surface area (Å²) in [6, 6.07) is 25.2. The summed E-state index contributed by atoms with van der Waals surface area (Å²) in [7, 11) is 0. The van der Waals surface area contributed by atoms with E-state index in [-0.39, 0.29) is 12.7 Å². The summed E-state index contributed by atoms with van der Waals surface area (Å²) in [5, 5.41) is 5.43. The zero-order chi connectivity index (χ0) is 24.5. The van der Waals surface area contributed by atoms with Gasteiger partial charge < -0.3 is 14.4 Å². The summed E-state index contributed by atoms with van der Waals surface area (Å²) >= 11 is 6.10. The molecular formula is C28H25ClN4O3. The average Bonchev–Trinajstić information content (AvgIpc) is 3.57. The second-order valence-corrected chi connectivity index (χ2v) is 9.36. The van der Waals surface area contributed by atoms with Crippen LogP contribution in [0.5, 0.6) is 11.5 Å². The molecule has 0 radical (unpaired) electrons. The Labute approximate surface area is 214 Å². The molecule has 3 aromatic carbocycles. The van der Waals surface area contributed by atoms with Crippen molar-refractivity contribution >= 4 is 17.5 Å². The lowest BCUT2D eigenvalue weighted by Gasteiger charge is -2.34. The molecule has 1 amide bonds. The molecule has 0 N–H and O–H groups in total. The van der Waals surface area contributed by atoms with Crippen LogP contribution in [-0.4, -0.2) is 58.5 Å². The van der Waals surface area contributed by atoms with Gasteiger partial charge in [-0.3, -0.25) is 9.69 Å². The molecule has 0 unspecified atom stereocenters. The van der Waals surface area contributed by atoms with E-state index in [2.05, 4.69) is 11.0 Å². The quantitative estimate of drug-likeness (QED) is 0.391. The van der Waals surface area contributed by atoms with Crippen molar-refractivity contribution in [2.75, 3.05) is 33.0 Å². The standard InChI is InChI=1S/C28H25ClN4O3/c29-22-7-9-23(10-8-22)33-25(17-24(30-33)21-4-2-1-3-5-21)28(34)32-14-12-31(13-15-32)18-20-6-11-26-27(16-20)36-19-35-26/h1-11,16-17H,12-15,18-19H2. The third-order valence-corrected chi connectivity index (χ3v) is 6.82. The first-order valence-corrected chi connectivity index (χ1v) is 12.3. The van der Waals surface area contributed by atoms with E-state index in [4.69, 9.17) is 26.2 Å². The molecule has 0 bridgehead atoms. The van der Waals surface area contributed by atoms with E-state index < -0.39 is 0 Å². The molecule has 2 aliphatic heterocycles. The van der Waals surface area contributed by atoms with Crippen LogP contribution >= 0.6 is 11.6 Å². The van der Waals surface area contributed by atoms with Crippen molar-refractivity contribution in [3.05, 3.63) is 95.1 Å². The average molecular weight is 501 g/mol. The lowest BCUT2D eigenvalue weighted by molar-refractivity contribution is 0.0619. The number of piperazine rings is 1. The zero-order valence-corrected chi connectivity index (χ0v) is 20.4. The van der Waals surface area contributed by atoms with Gasteiger partial charge in [0.1, 0.15) is 5.69 Å². The highest BCUT2D eigenvalue weighted by molar-refractivity contribution is 6.30. The van der Waals surface area contributed by atoms with E-state index >= 15 is 0 Å². The minimum Gasteiger partial charge on any atom is -0.454 e. The second-order valence-electron chi connectivity index (χ2n) is 8.93. The first kappa shape index (κ1) is 22.6. The third kappa shape index (κ3) is 4.55. The number of fused-ring (bicyclic) bond motifs is 1. The van der Waals surface area contributed by atoms with Gasteiger partial charge in [-0.2, -0.15) is 5.10 Å². The molecule has 0 aliphatic carbocycles. The minimum atomic E-state index is -0.0256. The van der Waals surface area contributed by atoms with Crippen LogP contribution in [0.2, 0.25) is 5.02 Å². The van der Waals surface area contributed by atoms with Gasteiger partial charge in [0, 0.05) is 43.3 Å². The van der Waals surface area contributed by atoms with E-state index in [9.17, 15) is 4.79 Å². The smallest absolute Gasteiger partial charge is 0.272 e. The van der Waals surface area contributed by atoms with Crippen LogP contribution in [0.4, 0.5) is 0 Å². The van der Waals surface area contributed by atoms with Gasteiger partial charge in [0.2, 0.25) is 6.79 Å². The van der Waals surface area contributed by atoms with Crippen LogP contribution < -0.4 is 9.47 Å². The Bertz CT molecular complexity index is 1380. The summed E-state index contributed by atoms with van der Waals surface area (Å²) < 4.78 is 12.6. The lowest BCUT2D eigenvalue weighted by Crippen LogP contribution is -2.48. The predicted molar refractivity (Wildman–Crippen MR) is 138 cm³/mol. The summed E-state index contributed by atoms with van der Waals surface area (Å²) in [5.74, 6) is 1.56. The van der Waals surface area contributed by atoms with Crippen molar-refractivity contribution in [2.45, 2.75) is 6.54 Å². The van der Waals surface area contributed by atoms with Crippen molar-refractivity contribution in [1.82, 2.24) is 19.6 Å². The van der Waals surface area contributed by atoms with Crippen LogP contribution in [0.3, 0.4) is 0 Å². The number of nitrogens with zero attached hydrogens (tertiary/aromatic N) is 4. The molecule has 4 aromatic rings. The van der Waals surface area contributed by atoms with Crippen molar-refractivity contribution in [1.29, 1.82) is 0 Å². The first-order chi connectivity index (χ1) is 17.6. The molecule has 0 atom stereocenters. The lowest BCUT2D eigenvalue weighted by atomic mass is 10.1. The van der Waals surface area contributed by atoms with Crippen molar-refractivity contribution in [3.63, 3.8) is 0 Å². The van der Waals surface area contributed by atoms with Crippen LogP contribution in [0.25, 0.3) is 16.9 Å². The topological polar surface area (TPSA) is 59.8 Å². The van der Waals surface area contributed by atoms with E-state index in [0.717, 1.165) is 48.1 Å². The molecule has 6 rings (SSSR count). The number of rotatable bonds is 5. The Morgan fingerprint density at radius 1 is 0.861 bits per heavy atom. The molecule has 7 nitrogen and oxygen atoms in total. The zero-order valence-electron chi connectivity index (χ0n) is 19.6. The maximum absolute atomic E-state index is 13.7. The first-order valence-electron chi connectivity index (χ1n) is 12.0. The number of halogens is 1. The van der Waals surface area contributed by atoms with Crippen LogP contribution in [0.15, 0.2) is 78.9 Å². The minimum absolute atomic E-state index is 0.0256. The summed E-state index contributed by atoms with van der Waals surface area (Å²) in [5.41, 5.74) is 4.24. The third-order valence-electron chi connectivity index (χ3n) is 6.57. The Kier molecular flexibility index (Phi) is 6.09. The number of ether oxygens (including phenoxy) is 2. The van der Waals surface area contributed by atoms with Crippen LogP contribution in [0, 0.1) is 0 Å². The van der Waals surface area contributed by atoms with Gasteiger partial charge in [-0.05, 0) is 48.0 Å². The molecule has 1 aromatic heterocycles. The Morgan fingerprint density at radius 2 is 1.61 bits per heavy atom. The Morgan fingerprint density at radius 3 is 2.39 bits per heavy atom. The molecule has 2 aliphatic rings. The molecule has 8 heteroatoms. The van der Waals surface area contributed by atoms with Gasteiger partial charge in [0.25, 0.3) is 5.91 Å². The van der Waals surface area contributed by atoms with Gasteiger partial charge in [-0.25, -0.2) is 4.68 Å². The fourth-order valence-electron chi connectivity index (χ4n) is 4.63. The summed E-state index contributed by atoms with van der Waals surface area (Å²) in [6.45, 7) is 3.96. The van der Waals surface area contributed by atoms with Crippen LogP contribution in [0.1, 0.15) is 16.1 Å². The largest absolute Gasteiger partial charge is 0.454 e. The van der Waals surface area contributed by atoms with Crippen molar-refractivity contribution in [3.8, 4) is 28.4 Å². The molecule has 182 valence electrons. The van der Waals surface area contributed by atoms with Gasteiger partial charge in [0.05, 0.1) is 11.4 Å². The van der Waals surface area contributed by atoms with E-state index in [1.54, 1.807) is 4.68 Å². The molecule has 3 heterocycles. The van der Waals surface area contributed by atoms with Gasteiger partial charge in [0.15, 0.2) is 11.5 Å². The van der Waals surface area contributed by atoms with Gasteiger partial charge in [-0.15, -0.1) is 0 Å². The Hall–Kier alpha value is -3.81. The molecule has 0 spiro atoms. The molecule has 36 heavy (non-hydrogen) atoms. The molecule has 1 fully saturated rings. The maximum Gasteiger partial charge on any atom is 0.272 e. The predicted octanol–water partition coefficient (Wildman–Crippen LogP) is 4.88. The fraction of sp³-hybridized carbons (Fsp3) is 0.214. The number of carbonyl (C=O) groups excluding carboxylic acids is 1. The van der Waals surface area contributed by atoms with Gasteiger partial charge >= 0.3 is 0 Å². The van der Waals surface area contributed by atoms with E-state index in [0.29, 0.717) is 23.8 Å². The number of benzene rings is 3. The summed E-state index contributed by atoms with van der Waals surface area (Å²) in [6.07, 6.45) is 0. The van der Waals surface area contributed by atoms with Crippen LogP contribution in [-0.2, 0) is 6.54 Å². The highest BCUT2D eigenvalue weighted by Gasteiger charge is 2.26. The Balaban J connectivity index is 1.20. The fourth-order valence-corrected chi connectivity index (χ4v) is 4.76. The number of carbonyl (C=O) groups is 1. The molecular weight excluding hydrogens is 476 g/mol. The van der Waals surface area contributed by atoms with E-state index in [1.807, 2.05) is 77.7 Å². The highest BCUT2D eigenvalue weighted by atomic mass is 35.5. The second kappa shape index (κ2) is 9.68. The molecule has 1 saturated heterocycles. The number of aromatic nitrogens is 2. The maximum atomic E-state index is 13.7. The van der Waals surface area contributed by atoms with Crippen molar-refractivity contribution in [2.24, 2.45) is 0 Å². The summed E-state index contributed by atoms with van der Waals surface area (Å²) in [4.78, 5) is 18.0. The number of hydrogen-bond donors (Lipinski definition) is 0. The molecule has 0 saturated carbocycles. The monoisotopic (exact) mass is 500 g/mol. The number of hydrogen-bond acceptors (Lipinski definition) is 5. The number of amides is 1. The van der Waals surface area contributed by atoms with E-state index in [1.165, 1.54) is 5.56 Å². The van der Waals surface area contributed by atoms with Gasteiger partial charge in [-0.1, -0.05) is 48.0 Å².